The van der Waals surface area contributed by atoms with Gasteiger partial charge in [-0.1, -0.05) is 18.5 Å². The number of carbonyl (C=O) groups is 1. The highest BCUT2D eigenvalue weighted by Gasteiger charge is 2.12. The third kappa shape index (κ3) is 6.29. The number of nitrogens with zero attached hydrogens (tertiary/aromatic N) is 1. The molecule has 0 saturated heterocycles. The van der Waals surface area contributed by atoms with Crippen molar-refractivity contribution >= 4 is 23.7 Å². The Hall–Kier alpha value is -2.93. The summed E-state index contributed by atoms with van der Waals surface area (Å²) in [5, 5.41) is 13.9. The average molecular weight is 421 g/mol. The van der Waals surface area contributed by atoms with Gasteiger partial charge in [0.15, 0.2) is 23.0 Å². The molecule has 0 aliphatic carbocycles. The summed E-state index contributed by atoms with van der Waals surface area (Å²) in [6.45, 7) is 7.06. The number of benzene rings is 2. The molecule has 0 unspecified atom stereocenters. The monoisotopic (exact) mass is 420 g/mol. The summed E-state index contributed by atoms with van der Waals surface area (Å²) < 4.78 is 16.5. The number of phenols is 1. The Bertz CT molecular complexity index is 870. The molecule has 0 fully saturated rings. The van der Waals surface area contributed by atoms with Crippen LogP contribution in [0.3, 0.4) is 0 Å². The molecule has 8 heteroatoms. The zero-order valence-corrected chi connectivity index (χ0v) is 17.5. The van der Waals surface area contributed by atoms with Crippen LogP contribution in [0.4, 0.5) is 0 Å². The largest absolute Gasteiger partial charge is 0.503 e. The van der Waals surface area contributed by atoms with Crippen molar-refractivity contribution in [3.05, 3.63) is 46.5 Å². The Kier molecular flexibility index (Phi) is 8.61. The van der Waals surface area contributed by atoms with Crippen LogP contribution < -0.4 is 19.6 Å². The molecule has 0 atom stereocenters. The normalized spacial score (nSPS) is 10.8. The Balaban J connectivity index is 2.11. The molecule has 0 spiro atoms. The van der Waals surface area contributed by atoms with Crippen molar-refractivity contribution < 1.29 is 24.1 Å². The van der Waals surface area contributed by atoms with E-state index in [1.54, 1.807) is 31.2 Å². The molecule has 2 rings (SSSR count). The molecular weight excluding hydrogens is 396 g/mol. The summed E-state index contributed by atoms with van der Waals surface area (Å²) in [5.41, 5.74) is 3.40. The highest BCUT2D eigenvalue weighted by Crippen LogP contribution is 2.34. The van der Waals surface area contributed by atoms with Gasteiger partial charge in [-0.3, -0.25) is 4.79 Å². The van der Waals surface area contributed by atoms with Crippen LogP contribution in [0, 0.1) is 0 Å². The molecule has 2 aromatic carbocycles. The molecule has 0 aliphatic heterocycles. The van der Waals surface area contributed by atoms with Crippen LogP contribution >= 0.6 is 11.6 Å². The molecule has 29 heavy (non-hydrogen) atoms. The second-order valence-electron chi connectivity index (χ2n) is 5.92. The summed E-state index contributed by atoms with van der Waals surface area (Å²) in [4.78, 5) is 12.4. The lowest BCUT2D eigenvalue weighted by Crippen LogP contribution is -2.17. The summed E-state index contributed by atoms with van der Waals surface area (Å²) >= 11 is 5.99. The number of hydrazone groups is 1. The minimum absolute atomic E-state index is 0.132. The first-order valence-electron chi connectivity index (χ1n) is 9.38. The third-order valence-electron chi connectivity index (χ3n) is 3.70. The summed E-state index contributed by atoms with van der Waals surface area (Å²) in [6, 6.07) is 8.05. The number of rotatable bonds is 10. The number of aromatic hydroxyl groups is 1. The topological polar surface area (TPSA) is 89.4 Å². The van der Waals surface area contributed by atoms with Crippen LogP contribution in [0.2, 0.25) is 5.02 Å². The lowest BCUT2D eigenvalue weighted by Gasteiger charge is -2.12. The zero-order chi connectivity index (χ0) is 21.2. The Morgan fingerprint density at radius 1 is 1.07 bits per heavy atom. The molecule has 2 aromatic rings. The van der Waals surface area contributed by atoms with Crippen LogP contribution in [-0.4, -0.2) is 37.0 Å². The predicted molar refractivity (Wildman–Crippen MR) is 113 cm³/mol. The van der Waals surface area contributed by atoms with Crippen molar-refractivity contribution in [1.29, 1.82) is 0 Å². The van der Waals surface area contributed by atoms with E-state index in [1.807, 2.05) is 13.8 Å². The van der Waals surface area contributed by atoms with Crippen molar-refractivity contribution in [3.63, 3.8) is 0 Å². The number of phenolic OH excluding ortho intramolecular Hbond substituents is 1. The van der Waals surface area contributed by atoms with Gasteiger partial charge in [0.2, 0.25) is 0 Å². The van der Waals surface area contributed by atoms with E-state index in [-0.39, 0.29) is 16.5 Å². The summed E-state index contributed by atoms with van der Waals surface area (Å²) in [7, 11) is 0. The Morgan fingerprint density at radius 2 is 1.79 bits per heavy atom. The first-order chi connectivity index (χ1) is 14.0. The smallest absolute Gasteiger partial charge is 0.271 e. The quantitative estimate of drug-likeness (QED) is 0.439. The number of halogens is 1. The third-order valence-corrected chi connectivity index (χ3v) is 3.99. The maximum absolute atomic E-state index is 12.4. The fraction of sp³-hybridized carbons (Fsp3) is 0.333. The number of hydrogen-bond acceptors (Lipinski definition) is 6. The molecule has 7 nitrogen and oxygen atoms in total. The molecule has 156 valence electrons. The van der Waals surface area contributed by atoms with Gasteiger partial charge in [-0.15, -0.1) is 0 Å². The Labute approximate surface area is 175 Å². The molecule has 0 heterocycles. The fourth-order valence-corrected chi connectivity index (χ4v) is 2.63. The fourth-order valence-electron chi connectivity index (χ4n) is 2.41. The lowest BCUT2D eigenvalue weighted by molar-refractivity contribution is 0.0954. The molecule has 0 radical (unpaired) electrons. The van der Waals surface area contributed by atoms with Gasteiger partial charge in [-0.25, -0.2) is 5.43 Å². The van der Waals surface area contributed by atoms with Crippen LogP contribution in [0.15, 0.2) is 35.4 Å². The van der Waals surface area contributed by atoms with E-state index in [9.17, 15) is 9.90 Å². The molecule has 0 aromatic heterocycles. The second kappa shape index (κ2) is 11.2. The highest BCUT2D eigenvalue weighted by atomic mass is 35.5. The zero-order valence-electron chi connectivity index (χ0n) is 16.7. The van der Waals surface area contributed by atoms with E-state index in [4.69, 9.17) is 25.8 Å². The Morgan fingerprint density at radius 3 is 2.48 bits per heavy atom. The van der Waals surface area contributed by atoms with Gasteiger partial charge in [0.05, 0.1) is 31.1 Å². The standard InChI is InChI=1S/C21H25ClN2O5/c1-4-9-29-17-8-7-15(12-18(17)27-5-2)21(26)24-23-13-14-10-16(22)20(25)19(11-14)28-6-3/h7-8,10-13,25H,4-6,9H2,1-3H3,(H,24,26)/b23-13+. The molecule has 1 amide bonds. The van der Waals surface area contributed by atoms with E-state index in [1.165, 1.54) is 12.3 Å². The number of hydrogen-bond donors (Lipinski definition) is 2. The molecule has 2 N–H and O–H groups in total. The van der Waals surface area contributed by atoms with Crippen LogP contribution in [0.25, 0.3) is 0 Å². The first-order valence-corrected chi connectivity index (χ1v) is 9.76. The lowest BCUT2D eigenvalue weighted by atomic mass is 10.2. The van der Waals surface area contributed by atoms with Crippen molar-refractivity contribution in [2.24, 2.45) is 5.10 Å². The van der Waals surface area contributed by atoms with Gasteiger partial charge in [-0.2, -0.15) is 5.10 Å². The van der Waals surface area contributed by atoms with Crippen molar-refractivity contribution in [2.45, 2.75) is 27.2 Å². The number of nitrogens with one attached hydrogen (secondary N) is 1. The maximum atomic E-state index is 12.4. The number of carbonyl (C=O) groups excluding carboxylic acids is 1. The van der Waals surface area contributed by atoms with E-state index in [0.717, 1.165) is 6.42 Å². The predicted octanol–water partition coefficient (Wildman–Crippen LogP) is 4.40. The van der Waals surface area contributed by atoms with Gasteiger partial charge < -0.3 is 19.3 Å². The van der Waals surface area contributed by atoms with E-state index in [0.29, 0.717) is 42.4 Å². The van der Waals surface area contributed by atoms with Gasteiger partial charge >= 0.3 is 0 Å². The molecule has 0 aliphatic rings. The van der Waals surface area contributed by atoms with Gasteiger partial charge in [-0.05, 0) is 56.2 Å². The minimum Gasteiger partial charge on any atom is -0.503 e. The van der Waals surface area contributed by atoms with E-state index in [2.05, 4.69) is 10.5 Å². The highest BCUT2D eigenvalue weighted by molar-refractivity contribution is 6.32. The molecule has 0 bridgehead atoms. The SMILES string of the molecule is CCCOc1ccc(C(=O)N/N=C/c2cc(Cl)c(O)c(OCC)c2)cc1OCC. The van der Waals surface area contributed by atoms with Gasteiger partial charge in [0.1, 0.15) is 0 Å². The average Bonchev–Trinajstić information content (AvgIpc) is 2.71. The number of ether oxygens (including phenoxy) is 3. The summed E-state index contributed by atoms with van der Waals surface area (Å²) in [6.07, 6.45) is 2.28. The van der Waals surface area contributed by atoms with Crippen molar-refractivity contribution in [2.75, 3.05) is 19.8 Å². The van der Waals surface area contributed by atoms with Gasteiger partial charge in [0, 0.05) is 5.56 Å². The minimum atomic E-state index is -0.404. The van der Waals surface area contributed by atoms with Crippen molar-refractivity contribution in [1.82, 2.24) is 5.43 Å². The van der Waals surface area contributed by atoms with Gasteiger partial charge in [0.25, 0.3) is 5.91 Å². The molecular formula is C21H25ClN2O5. The summed E-state index contributed by atoms with van der Waals surface area (Å²) in [5.74, 6) is 0.805. The van der Waals surface area contributed by atoms with Crippen LogP contribution in [0.5, 0.6) is 23.0 Å². The second-order valence-corrected chi connectivity index (χ2v) is 6.33. The number of amides is 1. The van der Waals surface area contributed by atoms with Crippen molar-refractivity contribution in [3.8, 4) is 23.0 Å². The van der Waals surface area contributed by atoms with E-state index >= 15 is 0 Å². The van der Waals surface area contributed by atoms with Crippen LogP contribution in [-0.2, 0) is 0 Å². The van der Waals surface area contributed by atoms with Crippen LogP contribution in [0.1, 0.15) is 43.1 Å². The van der Waals surface area contributed by atoms with E-state index < -0.39 is 5.91 Å². The maximum Gasteiger partial charge on any atom is 0.271 e. The molecule has 0 saturated carbocycles. The first kappa shape index (κ1) is 22.4.